The topological polar surface area (TPSA) is 84.5 Å². The fourth-order valence-corrected chi connectivity index (χ4v) is 12.1. The van der Waals surface area contributed by atoms with E-state index in [1.165, 1.54) is 0 Å². The second kappa shape index (κ2) is 12.4. The first kappa shape index (κ1) is 35.2. The second-order valence-electron chi connectivity index (χ2n) is 16.6. The van der Waals surface area contributed by atoms with Crippen molar-refractivity contribution in [3.63, 3.8) is 0 Å². The SMILES string of the molecule is CSc1cc2c3c(c1)Oc1c(oc4ccccc14)B3c1cc3c(cc1N2)Oc1cc(SC)cc2c1B3c1cc3c(cc1O2)Oc1cc(SC)cc2c1B3c1oc3ccccc3c1O2. The number of benzene rings is 7. The average molecular weight is 871 g/mol. The van der Waals surface area contributed by atoms with Crippen LogP contribution in [0.1, 0.15) is 0 Å². The van der Waals surface area contributed by atoms with Gasteiger partial charge >= 0.3 is 13.4 Å². The van der Waals surface area contributed by atoms with E-state index in [2.05, 4.69) is 96.9 Å². The summed E-state index contributed by atoms with van der Waals surface area (Å²) in [6, 6.07) is 37.9. The Balaban J connectivity index is 0.971. The molecule has 6 aliphatic rings. The molecule has 0 amide bonds. The monoisotopic (exact) mass is 871 g/mol. The van der Waals surface area contributed by atoms with Gasteiger partial charge in [0, 0.05) is 54.6 Å². The van der Waals surface area contributed by atoms with Crippen molar-refractivity contribution in [1.82, 2.24) is 0 Å². The molecule has 9 aromatic rings. The van der Waals surface area contributed by atoms with Gasteiger partial charge in [0.05, 0.1) is 10.8 Å². The molecule has 0 fully saturated rings. The molecule has 2 aromatic heterocycles. The first-order chi connectivity index (χ1) is 31.0. The summed E-state index contributed by atoms with van der Waals surface area (Å²) in [4.78, 5) is 3.22. The highest BCUT2D eigenvalue weighted by atomic mass is 32.2. The summed E-state index contributed by atoms with van der Waals surface area (Å²) in [5, 5.41) is 5.71. The Labute approximate surface area is 374 Å². The lowest BCUT2D eigenvalue weighted by Crippen LogP contribution is -2.63. The van der Waals surface area contributed by atoms with Crippen molar-refractivity contribution in [2.75, 3.05) is 24.1 Å². The van der Waals surface area contributed by atoms with E-state index in [-0.39, 0.29) is 20.1 Å². The second-order valence-corrected chi connectivity index (χ2v) is 19.2. The number of hydrogen-bond acceptors (Lipinski definition) is 11. The van der Waals surface area contributed by atoms with Gasteiger partial charge in [-0.2, -0.15) is 0 Å². The van der Waals surface area contributed by atoms with Gasteiger partial charge in [-0.1, -0.05) is 36.4 Å². The fraction of sp³-hybridized carbons (Fsp3) is 0.0612. The molecule has 0 radical (unpaired) electrons. The summed E-state index contributed by atoms with van der Waals surface area (Å²) >= 11 is 5.02. The van der Waals surface area contributed by atoms with Gasteiger partial charge in [0.1, 0.15) is 68.5 Å². The van der Waals surface area contributed by atoms with Crippen molar-refractivity contribution in [2.45, 2.75) is 14.7 Å². The van der Waals surface area contributed by atoms with E-state index in [0.717, 1.165) is 155 Å². The van der Waals surface area contributed by atoms with E-state index in [9.17, 15) is 0 Å². The fourth-order valence-electron chi connectivity index (χ4n) is 10.7. The minimum Gasteiger partial charge on any atom is -0.466 e. The van der Waals surface area contributed by atoms with Gasteiger partial charge in [0.25, 0.3) is 6.71 Å². The third kappa shape index (κ3) is 4.65. The van der Waals surface area contributed by atoms with Crippen molar-refractivity contribution < 1.29 is 32.5 Å². The molecular weight excluding hydrogens is 843 g/mol. The summed E-state index contributed by atoms with van der Waals surface area (Å²) in [5.41, 5.74) is 12.3. The van der Waals surface area contributed by atoms with Gasteiger partial charge in [0.2, 0.25) is 0 Å². The minimum absolute atomic E-state index is 0.227. The van der Waals surface area contributed by atoms with Crippen LogP contribution in [0.3, 0.4) is 0 Å². The van der Waals surface area contributed by atoms with E-state index in [4.69, 9.17) is 32.5 Å². The molecule has 0 aliphatic carbocycles. The first-order valence-electron chi connectivity index (χ1n) is 20.7. The van der Waals surface area contributed by atoms with Crippen LogP contribution in [0.15, 0.2) is 133 Å². The predicted molar refractivity (Wildman–Crippen MR) is 258 cm³/mol. The van der Waals surface area contributed by atoms with Gasteiger partial charge < -0.3 is 37.8 Å². The number of hydrogen-bond donors (Lipinski definition) is 1. The molecule has 15 rings (SSSR count). The predicted octanol–water partition coefficient (Wildman–Crippen LogP) is 7.48. The van der Waals surface area contributed by atoms with Crippen molar-refractivity contribution in [1.29, 1.82) is 0 Å². The van der Waals surface area contributed by atoms with E-state index in [1.54, 1.807) is 35.3 Å². The number of anilines is 2. The summed E-state index contributed by atoms with van der Waals surface area (Å²) < 4.78 is 47.9. The zero-order chi connectivity index (χ0) is 41.4. The first-order valence-corrected chi connectivity index (χ1v) is 24.4. The van der Waals surface area contributed by atoms with Crippen LogP contribution in [-0.2, 0) is 0 Å². The van der Waals surface area contributed by atoms with Gasteiger partial charge in [-0.05, 0) is 101 Å². The lowest BCUT2D eigenvalue weighted by Gasteiger charge is -2.37. The molecule has 0 spiro atoms. The third-order valence-corrected chi connectivity index (χ3v) is 15.6. The van der Waals surface area contributed by atoms with Crippen LogP contribution < -0.4 is 78.6 Å². The van der Waals surface area contributed by atoms with Crippen LogP contribution in [-0.4, -0.2) is 38.9 Å². The van der Waals surface area contributed by atoms with Crippen LogP contribution in [0, 0.1) is 0 Å². The van der Waals surface area contributed by atoms with Crippen LogP contribution in [0.25, 0.3) is 21.9 Å². The number of ether oxygens (including phenoxy) is 5. The number of fused-ring (bicyclic) bond motifs is 16. The van der Waals surface area contributed by atoms with Crippen molar-refractivity contribution in [2.24, 2.45) is 0 Å². The Bertz CT molecular complexity index is 3380. The van der Waals surface area contributed by atoms with Crippen LogP contribution in [0.4, 0.5) is 11.4 Å². The third-order valence-electron chi connectivity index (χ3n) is 13.4. The number of rotatable bonds is 3. The molecule has 0 saturated heterocycles. The summed E-state index contributed by atoms with van der Waals surface area (Å²) in [6.07, 6.45) is 6.24. The highest BCUT2D eigenvalue weighted by Crippen LogP contribution is 2.45. The highest BCUT2D eigenvalue weighted by molar-refractivity contribution is 7.99. The van der Waals surface area contributed by atoms with Crippen molar-refractivity contribution >= 4 is 138 Å². The molecule has 0 saturated carbocycles. The number of nitrogens with one attached hydrogen (secondary N) is 1. The van der Waals surface area contributed by atoms with Crippen LogP contribution >= 0.6 is 35.3 Å². The molecule has 0 atom stereocenters. The van der Waals surface area contributed by atoms with Gasteiger partial charge in [-0.3, -0.25) is 0 Å². The molecule has 6 aliphatic heterocycles. The molecule has 14 heteroatoms. The van der Waals surface area contributed by atoms with E-state index < -0.39 is 0 Å². The Morgan fingerprint density at radius 2 is 0.841 bits per heavy atom. The maximum absolute atomic E-state index is 6.99. The molecule has 298 valence electrons. The Morgan fingerprint density at radius 3 is 1.41 bits per heavy atom. The average Bonchev–Trinajstić information content (AvgIpc) is 3.88. The van der Waals surface area contributed by atoms with E-state index in [0.29, 0.717) is 0 Å². The Hall–Kier alpha value is -6.34. The number of para-hydroxylation sites is 2. The summed E-state index contributed by atoms with van der Waals surface area (Å²) in [5.74, 6) is 7.68. The molecule has 0 unspecified atom stereocenters. The smallest absolute Gasteiger partial charge is 0.305 e. The molecule has 7 aromatic carbocycles. The lowest BCUT2D eigenvalue weighted by atomic mass is 9.31. The zero-order valence-electron chi connectivity index (χ0n) is 33.7. The lowest BCUT2D eigenvalue weighted by molar-refractivity contribution is 0.448. The normalized spacial score (nSPS) is 14.5. The number of thioether (sulfide) groups is 3. The minimum atomic E-state index is -0.280. The summed E-state index contributed by atoms with van der Waals surface area (Å²) in [6.45, 7) is -0.745. The largest absolute Gasteiger partial charge is 0.466 e. The Kier molecular flexibility index (Phi) is 6.94. The standard InChI is InChI=1S/C49H28B3NO7S3/c1-61-22-12-32-43-38(13-22)57-46-25-8-4-6-10-33(25)59-48(46)51(43)27-18-28-35(20-31(27)53-32)54-39-14-23(62-2)15-40-44(39)50(28)29-19-30-37(21-36(29)55-40)56-41-16-24(63-3)17-42-45(41)52(30)49-47(58-42)26-9-5-7-11-34(26)60-49/h4-21,53H,1-3H3. The number of furan rings is 2. The van der Waals surface area contributed by atoms with E-state index >= 15 is 0 Å². The maximum Gasteiger partial charge on any atom is 0.305 e. The van der Waals surface area contributed by atoms with Crippen LogP contribution in [0.2, 0.25) is 0 Å². The summed E-state index contributed by atoms with van der Waals surface area (Å²) in [7, 11) is 0. The van der Waals surface area contributed by atoms with E-state index in [1.807, 2.05) is 36.4 Å². The molecule has 1 N–H and O–H groups in total. The molecule has 63 heavy (non-hydrogen) atoms. The Morgan fingerprint density at radius 1 is 0.397 bits per heavy atom. The molecule has 0 bridgehead atoms. The quantitative estimate of drug-likeness (QED) is 0.142. The molecule has 8 nitrogen and oxygen atoms in total. The van der Waals surface area contributed by atoms with Gasteiger partial charge in [0.15, 0.2) is 11.5 Å². The van der Waals surface area contributed by atoms with Crippen molar-refractivity contribution in [3.05, 3.63) is 109 Å². The van der Waals surface area contributed by atoms with Gasteiger partial charge in [-0.15, -0.1) is 35.3 Å². The zero-order valence-corrected chi connectivity index (χ0v) is 36.2. The molecule has 8 heterocycles. The van der Waals surface area contributed by atoms with Crippen molar-refractivity contribution in [3.8, 4) is 57.5 Å². The molecular formula is C49H28B3NO7S3. The highest BCUT2D eigenvalue weighted by Gasteiger charge is 2.49. The van der Waals surface area contributed by atoms with Gasteiger partial charge in [-0.25, -0.2) is 0 Å². The maximum atomic E-state index is 6.99. The van der Waals surface area contributed by atoms with Crippen LogP contribution in [0.5, 0.6) is 57.5 Å².